The van der Waals surface area contributed by atoms with Crippen molar-refractivity contribution in [1.82, 2.24) is 15.1 Å². The highest BCUT2D eigenvalue weighted by atomic mass is 16.2. The lowest BCUT2D eigenvalue weighted by Gasteiger charge is -2.35. The normalized spacial score (nSPS) is 20.4. The largest absolute Gasteiger partial charge is 0.339 e. The molecule has 0 aromatic heterocycles. The Bertz CT molecular complexity index is 350. The average Bonchev–Trinajstić information content (AvgIpc) is 3.18. The molecule has 0 spiro atoms. The molecule has 1 saturated carbocycles. The molecule has 1 N–H and O–H groups in total. The maximum atomic E-state index is 12.0. The molecule has 0 unspecified atom stereocenters. The average molecular weight is 267 g/mol. The van der Waals surface area contributed by atoms with Crippen LogP contribution >= 0.6 is 0 Å². The smallest absolute Gasteiger partial charge is 0.317 e. The van der Waals surface area contributed by atoms with Crippen molar-refractivity contribution in [2.75, 3.05) is 32.7 Å². The Morgan fingerprint density at radius 3 is 2.05 bits per heavy atom. The van der Waals surface area contributed by atoms with Gasteiger partial charge >= 0.3 is 6.03 Å². The Balaban J connectivity index is 1.73. The molecule has 2 aliphatic rings. The summed E-state index contributed by atoms with van der Waals surface area (Å²) in [5, 5.41) is 2.96. The van der Waals surface area contributed by atoms with E-state index in [0.29, 0.717) is 32.7 Å². The first-order valence-corrected chi connectivity index (χ1v) is 7.18. The van der Waals surface area contributed by atoms with Crippen molar-refractivity contribution in [3.63, 3.8) is 0 Å². The molecule has 0 aromatic rings. The van der Waals surface area contributed by atoms with Gasteiger partial charge in [0.25, 0.3) is 0 Å². The lowest BCUT2D eigenvalue weighted by molar-refractivity contribution is -0.133. The molecule has 0 radical (unpaired) electrons. The highest BCUT2D eigenvalue weighted by Crippen LogP contribution is 2.31. The van der Waals surface area contributed by atoms with Crippen molar-refractivity contribution in [2.24, 2.45) is 11.3 Å². The lowest BCUT2D eigenvalue weighted by atomic mass is 9.97. The first-order chi connectivity index (χ1) is 8.87. The molecular formula is C14H25N3O2. The van der Waals surface area contributed by atoms with Crippen LogP contribution in [0.25, 0.3) is 0 Å². The van der Waals surface area contributed by atoms with Crippen LogP contribution in [0.1, 0.15) is 33.6 Å². The van der Waals surface area contributed by atoms with Crippen LogP contribution in [0.5, 0.6) is 0 Å². The molecule has 3 amide bonds. The number of rotatable bonds is 2. The Kier molecular flexibility index (Phi) is 4.02. The summed E-state index contributed by atoms with van der Waals surface area (Å²) in [4.78, 5) is 27.6. The summed E-state index contributed by atoms with van der Waals surface area (Å²) < 4.78 is 0. The van der Waals surface area contributed by atoms with E-state index in [4.69, 9.17) is 0 Å². The van der Waals surface area contributed by atoms with Crippen LogP contribution in [-0.2, 0) is 4.79 Å². The molecule has 5 nitrogen and oxygen atoms in total. The molecule has 0 aromatic carbocycles. The Labute approximate surface area is 115 Å². The second kappa shape index (κ2) is 5.39. The van der Waals surface area contributed by atoms with Gasteiger partial charge in [-0.3, -0.25) is 4.79 Å². The highest BCUT2D eigenvalue weighted by molar-refractivity contribution is 5.81. The van der Waals surface area contributed by atoms with E-state index in [0.717, 1.165) is 12.8 Å². The Morgan fingerprint density at radius 1 is 1.05 bits per heavy atom. The van der Waals surface area contributed by atoms with Crippen molar-refractivity contribution in [1.29, 1.82) is 0 Å². The highest BCUT2D eigenvalue weighted by Gasteiger charge is 2.35. The summed E-state index contributed by atoms with van der Waals surface area (Å²) in [7, 11) is 0. The summed E-state index contributed by atoms with van der Waals surface area (Å²) in [6, 6.07) is -0.00607. The summed E-state index contributed by atoms with van der Waals surface area (Å²) in [6.07, 6.45) is 2.09. The number of urea groups is 1. The van der Waals surface area contributed by atoms with E-state index in [1.54, 1.807) is 0 Å². The third-order valence-corrected chi connectivity index (χ3v) is 3.58. The van der Waals surface area contributed by atoms with Gasteiger partial charge in [0.15, 0.2) is 0 Å². The topological polar surface area (TPSA) is 52.7 Å². The summed E-state index contributed by atoms with van der Waals surface area (Å²) >= 11 is 0. The number of carbonyl (C=O) groups is 2. The quantitative estimate of drug-likeness (QED) is 0.820. The Morgan fingerprint density at radius 2 is 1.58 bits per heavy atom. The zero-order chi connectivity index (χ0) is 14.0. The zero-order valence-electron chi connectivity index (χ0n) is 12.2. The second-order valence-electron chi connectivity index (χ2n) is 6.81. The van der Waals surface area contributed by atoms with Crippen LogP contribution in [0, 0.1) is 11.3 Å². The van der Waals surface area contributed by atoms with Gasteiger partial charge < -0.3 is 15.1 Å². The van der Waals surface area contributed by atoms with E-state index >= 15 is 0 Å². The third-order valence-electron chi connectivity index (χ3n) is 3.58. The van der Waals surface area contributed by atoms with Gasteiger partial charge in [-0.2, -0.15) is 0 Å². The van der Waals surface area contributed by atoms with Gasteiger partial charge in [0.1, 0.15) is 0 Å². The van der Waals surface area contributed by atoms with Crippen LogP contribution in [-0.4, -0.2) is 54.5 Å². The Hall–Kier alpha value is -1.26. The number of amides is 3. The molecule has 19 heavy (non-hydrogen) atoms. The maximum absolute atomic E-state index is 12.0. The molecule has 2 fully saturated rings. The number of hydrogen-bond acceptors (Lipinski definition) is 2. The van der Waals surface area contributed by atoms with Crippen LogP contribution in [0.2, 0.25) is 0 Å². The minimum absolute atomic E-state index is 0.00607. The third kappa shape index (κ3) is 4.11. The van der Waals surface area contributed by atoms with E-state index < -0.39 is 0 Å². The van der Waals surface area contributed by atoms with Gasteiger partial charge in [0, 0.05) is 38.6 Å². The summed E-state index contributed by atoms with van der Waals surface area (Å²) in [5.74, 6) is 0.566. The van der Waals surface area contributed by atoms with Crippen molar-refractivity contribution < 1.29 is 9.59 Å². The molecule has 0 atom stereocenters. The van der Waals surface area contributed by atoms with Crippen LogP contribution in [0.3, 0.4) is 0 Å². The van der Waals surface area contributed by atoms with E-state index in [-0.39, 0.29) is 23.3 Å². The van der Waals surface area contributed by atoms with Crippen molar-refractivity contribution in [3.05, 3.63) is 0 Å². The fourth-order valence-corrected chi connectivity index (χ4v) is 2.17. The van der Waals surface area contributed by atoms with Gasteiger partial charge in [-0.1, -0.05) is 20.8 Å². The monoisotopic (exact) mass is 267 g/mol. The van der Waals surface area contributed by atoms with Crippen LogP contribution in [0.15, 0.2) is 0 Å². The molecular weight excluding hydrogens is 242 g/mol. The molecule has 1 aliphatic carbocycles. The molecule has 108 valence electrons. The predicted molar refractivity (Wildman–Crippen MR) is 73.7 cm³/mol. The molecule has 1 aliphatic heterocycles. The van der Waals surface area contributed by atoms with Gasteiger partial charge in [-0.05, 0) is 18.3 Å². The van der Waals surface area contributed by atoms with E-state index in [1.165, 1.54) is 0 Å². The van der Waals surface area contributed by atoms with E-state index in [9.17, 15) is 9.59 Å². The zero-order valence-corrected chi connectivity index (χ0v) is 12.2. The lowest BCUT2D eigenvalue weighted by Crippen LogP contribution is -2.54. The minimum Gasteiger partial charge on any atom is -0.339 e. The number of carbonyl (C=O) groups excluding carboxylic acids is 2. The van der Waals surface area contributed by atoms with Crippen molar-refractivity contribution in [2.45, 2.75) is 33.6 Å². The first kappa shape index (κ1) is 14.2. The van der Waals surface area contributed by atoms with Gasteiger partial charge in [0.2, 0.25) is 5.91 Å². The van der Waals surface area contributed by atoms with Crippen LogP contribution < -0.4 is 5.32 Å². The van der Waals surface area contributed by atoms with E-state index in [1.807, 2.05) is 9.80 Å². The minimum atomic E-state index is -0.00607. The number of hydrogen-bond donors (Lipinski definition) is 1. The molecule has 0 bridgehead atoms. The van der Waals surface area contributed by atoms with Gasteiger partial charge in [-0.25, -0.2) is 4.79 Å². The summed E-state index contributed by atoms with van der Waals surface area (Å²) in [6.45, 7) is 9.62. The number of nitrogens with zero attached hydrogens (tertiary/aromatic N) is 2. The molecule has 2 rings (SSSR count). The van der Waals surface area contributed by atoms with E-state index in [2.05, 4.69) is 26.1 Å². The van der Waals surface area contributed by atoms with Crippen molar-refractivity contribution >= 4 is 11.9 Å². The second-order valence-corrected chi connectivity index (χ2v) is 6.81. The number of nitrogens with one attached hydrogen (secondary N) is 1. The van der Waals surface area contributed by atoms with Gasteiger partial charge in [0.05, 0.1) is 0 Å². The first-order valence-electron chi connectivity index (χ1n) is 7.18. The maximum Gasteiger partial charge on any atom is 0.317 e. The van der Waals surface area contributed by atoms with Crippen LogP contribution in [0.4, 0.5) is 4.79 Å². The molecule has 1 saturated heterocycles. The summed E-state index contributed by atoms with van der Waals surface area (Å²) in [5.41, 5.74) is 0.0966. The van der Waals surface area contributed by atoms with Gasteiger partial charge in [-0.15, -0.1) is 0 Å². The number of piperazine rings is 1. The fourth-order valence-electron chi connectivity index (χ4n) is 2.17. The fraction of sp³-hybridized carbons (Fsp3) is 0.857. The standard InChI is InChI=1S/C14H25N3O2/c1-14(2,3)10-15-13(19)17-8-6-16(7-9-17)12(18)11-4-5-11/h11H,4-10H2,1-3H3,(H,15,19). The molecule has 5 heteroatoms. The molecule has 1 heterocycles. The SMILES string of the molecule is CC(C)(C)CNC(=O)N1CCN(C(=O)C2CC2)CC1. The van der Waals surface area contributed by atoms with Crippen molar-refractivity contribution in [3.8, 4) is 0 Å². The predicted octanol–water partition coefficient (Wildman–Crippen LogP) is 1.30.